The molecule has 7 nitrogen and oxygen atoms in total. The van der Waals surface area contributed by atoms with Crippen molar-refractivity contribution in [2.75, 3.05) is 27.8 Å². The summed E-state index contributed by atoms with van der Waals surface area (Å²) in [4.78, 5) is 13.5. The van der Waals surface area contributed by atoms with Crippen LogP contribution in [0.2, 0.25) is 0 Å². The minimum atomic E-state index is -0.670. The van der Waals surface area contributed by atoms with Crippen LogP contribution in [0.25, 0.3) is 0 Å². The first kappa shape index (κ1) is 20.5. The molecule has 0 aromatic heterocycles. The van der Waals surface area contributed by atoms with Crippen LogP contribution in [-0.4, -0.2) is 55.4 Å². The van der Waals surface area contributed by atoms with Gasteiger partial charge in [-0.25, -0.2) is 0 Å². The summed E-state index contributed by atoms with van der Waals surface area (Å²) in [7, 11) is 5.72. The van der Waals surface area contributed by atoms with E-state index in [2.05, 4.69) is 30.2 Å². The average Bonchev–Trinajstić information content (AvgIpc) is 3.23. The van der Waals surface area contributed by atoms with Gasteiger partial charge in [0.25, 0.3) is 5.69 Å². The number of benzene rings is 2. The van der Waals surface area contributed by atoms with Crippen molar-refractivity contribution in [1.82, 2.24) is 4.90 Å². The zero-order chi connectivity index (χ0) is 23.5. The molecule has 0 N–H and O–H groups in total. The third kappa shape index (κ3) is 2.04. The molecule has 176 valence electrons. The fourth-order valence-electron chi connectivity index (χ4n) is 8.41. The molecule has 0 unspecified atom stereocenters. The number of hydrogen-bond acceptors (Lipinski definition) is 6. The number of rotatable bonds is 4. The quantitative estimate of drug-likeness (QED) is 0.390. The second-order valence-electron chi connectivity index (χ2n) is 10.6. The largest absolute Gasteiger partial charge is 0.493 e. The van der Waals surface area contributed by atoms with E-state index >= 15 is 0 Å². The number of methoxy groups -OCH3 is 2. The first-order chi connectivity index (χ1) is 16.4. The summed E-state index contributed by atoms with van der Waals surface area (Å²) in [6.45, 7) is 1.01. The number of likely N-dealkylation sites (N-methyl/N-ethyl adjacent to an activating group) is 1. The van der Waals surface area contributed by atoms with Crippen molar-refractivity contribution < 1.29 is 19.1 Å². The van der Waals surface area contributed by atoms with Crippen molar-refractivity contribution in [2.24, 2.45) is 5.41 Å². The molecule has 1 saturated heterocycles. The van der Waals surface area contributed by atoms with Crippen molar-refractivity contribution in [3.63, 3.8) is 0 Å². The lowest BCUT2D eigenvalue weighted by Crippen LogP contribution is -2.78. The van der Waals surface area contributed by atoms with Gasteiger partial charge in [0, 0.05) is 42.2 Å². The van der Waals surface area contributed by atoms with Crippen molar-refractivity contribution in [2.45, 2.75) is 48.3 Å². The molecule has 6 atom stereocenters. The number of non-ortho nitro benzene ring substituents is 1. The van der Waals surface area contributed by atoms with Crippen LogP contribution in [0.5, 0.6) is 11.5 Å². The minimum absolute atomic E-state index is 0.0253. The maximum atomic E-state index is 11.3. The van der Waals surface area contributed by atoms with Crippen LogP contribution >= 0.6 is 0 Å². The van der Waals surface area contributed by atoms with Gasteiger partial charge >= 0.3 is 0 Å². The molecule has 0 radical (unpaired) electrons. The molecule has 4 aliphatic carbocycles. The van der Waals surface area contributed by atoms with Crippen LogP contribution in [0, 0.1) is 15.5 Å². The second kappa shape index (κ2) is 6.40. The zero-order valence-corrected chi connectivity index (χ0v) is 19.6. The first-order valence-corrected chi connectivity index (χ1v) is 12.0. The Labute approximate surface area is 198 Å². The van der Waals surface area contributed by atoms with Crippen LogP contribution in [0.1, 0.15) is 35.4 Å². The molecule has 2 aromatic rings. The molecule has 2 spiro atoms. The summed E-state index contributed by atoms with van der Waals surface area (Å²) in [5, 5.41) is 11.3. The number of ether oxygens (including phenoxy) is 3. The van der Waals surface area contributed by atoms with Crippen LogP contribution in [0.15, 0.2) is 48.6 Å². The Morgan fingerprint density at radius 2 is 1.94 bits per heavy atom. The molecule has 4 bridgehead atoms. The number of hydrogen-bond donors (Lipinski definition) is 0. The average molecular weight is 461 g/mol. The third-order valence-corrected chi connectivity index (χ3v) is 9.78. The van der Waals surface area contributed by atoms with Gasteiger partial charge in [-0.2, -0.15) is 0 Å². The normalized spacial score (nSPS) is 38.4. The van der Waals surface area contributed by atoms with Gasteiger partial charge < -0.3 is 19.1 Å². The number of nitro benzene ring substituents is 1. The summed E-state index contributed by atoms with van der Waals surface area (Å²) >= 11 is 0. The van der Waals surface area contributed by atoms with E-state index < -0.39 is 5.60 Å². The summed E-state index contributed by atoms with van der Waals surface area (Å²) in [5.74, 6) is 1.69. The van der Waals surface area contributed by atoms with Gasteiger partial charge in [0.1, 0.15) is 11.7 Å². The summed E-state index contributed by atoms with van der Waals surface area (Å²) in [5.41, 5.74) is 2.90. The molecule has 2 aliphatic heterocycles. The van der Waals surface area contributed by atoms with E-state index in [1.54, 1.807) is 26.4 Å². The van der Waals surface area contributed by atoms with E-state index in [0.29, 0.717) is 6.04 Å². The van der Waals surface area contributed by atoms with Crippen molar-refractivity contribution in [3.05, 3.63) is 75.4 Å². The van der Waals surface area contributed by atoms with E-state index in [1.807, 2.05) is 18.2 Å². The highest BCUT2D eigenvalue weighted by Crippen LogP contribution is 2.75. The number of fused-ring (bicyclic) bond motifs is 1. The van der Waals surface area contributed by atoms with Gasteiger partial charge in [0.15, 0.2) is 11.5 Å². The summed E-state index contributed by atoms with van der Waals surface area (Å²) in [6.07, 6.45) is 7.39. The molecule has 2 aromatic carbocycles. The zero-order valence-electron chi connectivity index (χ0n) is 19.6. The van der Waals surface area contributed by atoms with Gasteiger partial charge in [-0.1, -0.05) is 30.4 Å². The maximum Gasteiger partial charge on any atom is 0.269 e. The third-order valence-electron chi connectivity index (χ3n) is 9.78. The molecule has 2 heterocycles. The van der Waals surface area contributed by atoms with Gasteiger partial charge in [-0.3, -0.25) is 10.1 Å². The molecular formula is C27H28N2O5. The first-order valence-electron chi connectivity index (χ1n) is 12.0. The fourth-order valence-corrected chi connectivity index (χ4v) is 8.41. The van der Waals surface area contributed by atoms with E-state index in [1.165, 1.54) is 11.1 Å². The smallest absolute Gasteiger partial charge is 0.269 e. The Morgan fingerprint density at radius 3 is 2.65 bits per heavy atom. The Morgan fingerprint density at radius 1 is 1.15 bits per heavy atom. The van der Waals surface area contributed by atoms with Crippen LogP contribution < -0.4 is 9.47 Å². The number of piperidine rings is 1. The monoisotopic (exact) mass is 460 g/mol. The van der Waals surface area contributed by atoms with E-state index in [4.69, 9.17) is 14.2 Å². The van der Waals surface area contributed by atoms with Crippen molar-refractivity contribution in [3.8, 4) is 11.5 Å². The highest BCUT2D eigenvalue weighted by molar-refractivity contribution is 5.66. The number of likely N-dealkylation sites (tertiary alicyclic amines) is 1. The van der Waals surface area contributed by atoms with Crippen molar-refractivity contribution in [1.29, 1.82) is 0 Å². The molecular weight excluding hydrogens is 432 g/mol. The SMILES string of the molecule is COc1ccc2c3c1O[C@H]1[C@]4(OC)C=C[C@@]5(C[C@@H]4c4ccc([N+](=O)[O-])cc4)[C@@H](C2)N(C)CC[C@]315. The lowest BCUT2D eigenvalue weighted by Gasteiger charge is -2.71. The molecule has 7 heteroatoms. The molecule has 6 aliphatic rings. The number of nitro groups is 1. The maximum absolute atomic E-state index is 11.3. The fraction of sp³-hybridized carbons (Fsp3) is 0.481. The van der Waals surface area contributed by atoms with Gasteiger partial charge in [-0.15, -0.1) is 0 Å². The lowest BCUT2D eigenvalue weighted by molar-refractivity contribution is -0.384. The lowest BCUT2D eigenvalue weighted by atomic mass is 9.37. The standard InChI is InChI=1S/C27H28N2O5/c1-28-13-12-26-22-17-6-9-20(32-2)23(22)34-24(26)27(33-3)11-10-25(26,21(28)14-17)15-19(27)16-4-7-18(8-5-16)29(30)31/h4-11,19,21,24H,12-15H2,1-3H3/t19-,21-,24-,25-,26+,27+/m1/s1. The Bertz CT molecular complexity index is 1260. The van der Waals surface area contributed by atoms with Crippen LogP contribution in [-0.2, 0) is 16.6 Å². The predicted molar refractivity (Wildman–Crippen MR) is 126 cm³/mol. The summed E-state index contributed by atoms with van der Waals surface area (Å²) < 4.78 is 19.2. The van der Waals surface area contributed by atoms with Crippen molar-refractivity contribution >= 4 is 5.69 Å². The summed E-state index contributed by atoms with van der Waals surface area (Å²) in [6, 6.07) is 11.6. The topological polar surface area (TPSA) is 74.1 Å². The van der Waals surface area contributed by atoms with E-state index in [-0.39, 0.29) is 33.5 Å². The van der Waals surface area contributed by atoms with Gasteiger partial charge in [0.05, 0.1) is 17.4 Å². The second-order valence-corrected chi connectivity index (χ2v) is 10.6. The van der Waals surface area contributed by atoms with Gasteiger partial charge in [-0.05, 0) is 50.0 Å². The Hall–Kier alpha value is -2.90. The van der Waals surface area contributed by atoms with E-state index in [0.717, 1.165) is 42.9 Å². The minimum Gasteiger partial charge on any atom is -0.493 e. The van der Waals surface area contributed by atoms with Gasteiger partial charge in [0.2, 0.25) is 0 Å². The highest BCUT2D eigenvalue weighted by Gasteiger charge is 2.79. The molecule has 2 fully saturated rings. The molecule has 8 rings (SSSR count). The molecule has 0 amide bonds. The predicted octanol–water partition coefficient (Wildman–Crippen LogP) is 3.99. The molecule has 1 saturated carbocycles. The molecule has 34 heavy (non-hydrogen) atoms. The van der Waals surface area contributed by atoms with Crippen LogP contribution in [0.3, 0.4) is 0 Å². The Kier molecular flexibility index (Phi) is 3.85. The number of nitrogens with zero attached hydrogens (tertiary/aromatic N) is 2. The Balaban J connectivity index is 1.48. The van der Waals surface area contributed by atoms with E-state index in [9.17, 15) is 10.1 Å². The highest BCUT2D eigenvalue weighted by atomic mass is 16.6. The van der Waals surface area contributed by atoms with Crippen LogP contribution in [0.4, 0.5) is 5.69 Å².